The third-order valence-electron chi connectivity index (χ3n) is 2.91. The molecule has 5 heteroatoms. The van der Waals surface area contributed by atoms with Crippen molar-refractivity contribution >= 4 is 10.0 Å². The smallest absolute Gasteiger partial charge is 0.238 e. The first-order chi connectivity index (χ1) is 9.47. The van der Waals surface area contributed by atoms with Crippen molar-refractivity contribution in [1.29, 1.82) is 0 Å². The van der Waals surface area contributed by atoms with E-state index in [-0.39, 0.29) is 4.90 Å². The summed E-state index contributed by atoms with van der Waals surface area (Å²) >= 11 is 0. The van der Waals surface area contributed by atoms with Crippen LogP contribution in [0.3, 0.4) is 0 Å². The Labute approximate surface area is 119 Å². The van der Waals surface area contributed by atoms with Crippen LogP contribution in [0.25, 0.3) is 0 Å². The predicted molar refractivity (Wildman–Crippen MR) is 78.2 cm³/mol. The van der Waals surface area contributed by atoms with Crippen LogP contribution >= 0.6 is 0 Å². The summed E-state index contributed by atoms with van der Waals surface area (Å²) in [5, 5.41) is 5.22. The summed E-state index contributed by atoms with van der Waals surface area (Å²) in [6.07, 6.45) is 0.488. The number of rotatable bonds is 5. The number of aryl methyl sites for hydroxylation is 1. The topological polar surface area (TPSA) is 69.4 Å². The normalized spacial score (nSPS) is 11.3. The average molecular weight is 291 g/mol. The Morgan fingerprint density at radius 3 is 2.45 bits per heavy atom. The second-order valence-electron chi connectivity index (χ2n) is 4.57. The predicted octanol–water partition coefficient (Wildman–Crippen LogP) is 2.26. The number of primary sulfonamides is 1. The molecule has 0 fully saturated rings. The second-order valence-corrected chi connectivity index (χ2v) is 6.10. The first-order valence-corrected chi connectivity index (χ1v) is 7.81. The Bertz CT molecular complexity index is 682. The summed E-state index contributed by atoms with van der Waals surface area (Å²) in [6.45, 7) is 2.31. The van der Waals surface area contributed by atoms with E-state index < -0.39 is 10.0 Å². The largest absolute Gasteiger partial charge is 0.493 e. The van der Waals surface area contributed by atoms with E-state index >= 15 is 0 Å². The summed E-state index contributed by atoms with van der Waals surface area (Å²) in [6, 6.07) is 14.5. The highest BCUT2D eigenvalue weighted by molar-refractivity contribution is 7.89. The fourth-order valence-electron chi connectivity index (χ4n) is 1.98. The van der Waals surface area contributed by atoms with Crippen molar-refractivity contribution in [1.82, 2.24) is 0 Å². The second kappa shape index (κ2) is 6.07. The van der Waals surface area contributed by atoms with Gasteiger partial charge in [0.2, 0.25) is 10.0 Å². The minimum Gasteiger partial charge on any atom is -0.493 e. The molecule has 0 aliphatic rings. The fourth-order valence-corrected chi connectivity index (χ4v) is 2.76. The van der Waals surface area contributed by atoms with Crippen molar-refractivity contribution < 1.29 is 13.2 Å². The Morgan fingerprint density at radius 2 is 1.80 bits per heavy atom. The minimum absolute atomic E-state index is 0.166. The van der Waals surface area contributed by atoms with Crippen molar-refractivity contribution in [2.75, 3.05) is 6.61 Å². The van der Waals surface area contributed by atoms with E-state index in [0.717, 1.165) is 11.3 Å². The molecule has 0 saturated heterocycles. The molecule has 0 saturated carbocycles. The molecule has 0 radical (unpaired) electrons. The van der Waals surface area contributed by atoms with Gasteiger partial charge in [0.1, 0.15) is 5.75 Å². The molecule has 0 amide bonds. The molecule has 20 heavy (non-hydrogen) atoms. The molecular formula is C15H17NO3S. The summed E-state index contributed by atoms with van der Waals surface area (Å²) in [5.74, 6) is 0.761. The van der Waals surface area contributed by atoms with Crippen LogP contribution in [0.15, 0.2) is 53.4 Å². The van der Waals surface area contributed by atoms with Gasteiger partial charge in [0.05, 0.1) is 11.5 Å². The Balaban J connectivity index is 2.11. The lowest BCUT2D eigenvalue weighted by Crippen LogP contribution is -2.16. The van der Waals surface area contributed by atoms with Crippen molar-refractivity contribution in [2.24, 2.45) is 5.14 Å². The summed E-state index contributed by atoms with van der Waals surface area (Å²) < 4.78 is 28.7. The third kappa shape index (κ3) is 3.82. The van der Waals surface area contributed by atoms with Crippen LogP contribution in [-0.2, 0) is 16.4 Å². The van der Waals surface area contributed by atoms with Gasteiger partial charge in [-0.25, -0.2) is 13.6 Å². The number of hydrogen-bond donors (Lipinski definition) is 1. The van der Waals surface area contributed by atoms with Crippen LogP contribution < -0.4 is 9.88 Å². The zero-order valence-corrected chi connectivity index (χ0v) is 12.1. The average Bonchev–Trinajstić information content (AvgIpc) is 2.38. The highest BCUT2D eigenvalue weighted by Gasteiger charge is 2.13. The zero-order chi connectivity index (χ0) is 14.6. The molecule has 106 valence electrons. The van der Waals surface area contributed by atoms with Crippen LogP contribution in [0.2, 0.25) is 0 Å². The summed E-state index contributed by atoms with van der Waals surface area (Å²) in [5.41, 5.74) is 1.68. The van der Waals surface area contributed by atoms with Gasteiger partial charge >= 0.3 is 0 Å². The van der Waals surface area contributed by atoms with E-state index in [2.05, 4.69) is 0 Å². The molecular weight excluding hydrogens is 274 g/mol. The van der Waals surface area contributed by atoms with Gasteiger partial charge in [0.25, 0.3) is 0 Å². The van der Waals surface area contributed by atoms with E-state index in [9.17, 15) is 8.42 Å². The first kappa shape index (κ1) is 14.6. The SMILES string of the molecule is Cc1ccc(S(N)(=O)=O)c(CCOc2ccccc2)c1. The lowest BCUT2D eigenvalue weighted by molar-refractivity contribution is 0.321. The Morgan fingerprint density at radius 1 is 1.10 bits per heavy atom. The molecule has 0 unspecified atom stereocenters. The maximum Gasteiger partial charge on any atom is 0.238 e. The van der Waals surface area contributed by atoms with E-state index in [1.807, 2.05) is 43.3 Å². The van der Waals surface area contributed by atoms with Crippen LogP contribution in [0.4, 0.5) is 0 Å². The van der Waals surface area contributed by atoms with Crippen LogP contribution in [0, 0.1) is 6.92 Å². The van der Waals surface area contributed by atoms with Gasteiger partial charge in [-0.1, -0.05) is 35.9 Å². The number of hydrogen-bond acceptors (Lipinski definition) is 3. The molecule has 0 aliphatic carbocycles. The van der Waals surface area contributed by atoms with Crippen molar-refractivity contribution in [3.05, 3.63) is 59.7 Å². The van der Waals surface area contributed by atoms with Crippen LogP contribution in [-0.4, -0.2) is 15.0 Å². The van der Waals surface area contributed by atoms with Crippen LogP contribution in [0.1, 0.15) is 11.1 Å². The van der Waals surface area contributed by atoms with Crippen LogP contribution in [0.5, 0.6) is 5.75 Å². The summed E-state index contributed by atoms with van der Waals surface area (Å²) in [4.78, 5) is 0.166. The molecule has 4 nitrogen and oxygen atoms in total. The standard InChI is InChI=1S/C15H17NO3S/c1-12-7-8-15(20(16,17)18)13(11-12)9-10-19-14-5-3-2-4-6-14/h2-8,11H,9-10H2,1H3,(H2,16,17,18). The van der Waals surface area contributed by atoms with E-state index in [4.69, 9.17) is 9.88 Å². The fraction of sp³-hybridized carbons (Fsp3) is 0.200. The van der Waals surface area contributed by atoms with Gasteiger partial charge in [0.15, 0.2) is 0 Å². The Kier molecular flexibility index (Phi) is 4.42. The van der Waals surface area contributed by atoms with Gasteiger partial charge in [-0.15, -0.1) is 0 Å². The highest BCUT2D eigenvalue weighted by atomic mass is 32.2. The Hall–Kier alpha value is -1.85. The number of nitrogens with two attached hydrogens (primary N) is 1. The maximum atomic E-state index is 11.5. The van der Waals surface area contributed by atoms with E-state index in [1.54, 1.807) is 12.1 Å². The molecule has 0 bridgehead atoms. The third-order valence-corrected chi connectivity index (χ3v) is 3.92. The molecule has 0 aromatic heterocycles. The monoisotopic (exact) mass is 291 g/mol. The molecule has 0 atom stereocenters. The molecule has 2 N–H and O–H groups in total. The van der Waals surface area contributed by atoms with Gasteiger partial charge < -0.3 is 4.74 Å². The first-order valence-electron chi connectivity index (χ1n) is 6.27. The molecule has 0 spiro atoms. The van der Waals surface area contributed by atoms with Crippen molar-refractivity contribution in [2.45, 2.75) is 18.2 Å². The number of ether oxygens (including phenoxy) is 1. The van der Waals surface area contributed by atoms with Crippen molar-refractivity contribution in [3.8, 4) is 5.75 Å². The van der Waals surface area contributed by atoms with Gasteiger partial charge in [0, 0.05) is 6.42 Å². The van der Waals surface area contributed by atoms with E-state index in [0.29, 0.717) is 18.6 Å². The van der Waals surface area contributed by atoms with Crippen molar-refractivity contribution in [3.63, 3.8) is 0 Å². The van der Waals surface area contributed by atoms with Gasteiger partial charge in [-0.3, -0.25) is 0 Å². The minimum atomic E-state index is -3.70. The van der Waals surface area contributed by atoms with Gasteiger partial charge in [-0.05, 0) is 30.7 Å². The number of para-hydroxylation sites is 1. The molecule has 2 rings (SSSR count). The molecule has 0 heterocycles. The lowest BCUT2D eigenvalue weighted by Gasteiger charge is -2.10. The molecule has 2 aromatic rings. The lowest BCUT2D eigenvalue weighted by atomic mass is 10.1. The number of sulfonamides is 1. The molecule has 2 aromatic carbocycles. The number of benzene rings is 2. The van der Waals surface area contributed by atoms with Gasteiger partial charge in [-0.2, -0.15) is 0 Å². The summed E-state index contributed by atoms with van der Waals surface area (Å²) in [7, 11) is -3.70. The quantitative estimate of drug-likeness (QED) is 0.918. The highest BCUT2D eigenvalue weighted by Crippen LogP contribution is 2.17. The zero-order valence-electron chi connectivity index (χ0n) is 11.2. The molecule has 0 aliphatic heterocycles. The maximum absolute atomic E-state index is 11.5. The van der Waals surface area contributed by atoms with E-state index in [1.165, 1.54) is 0 Å².